The van der Waals surface area contributed by atoms with Gasteiger partial charge in [0.1, 0.15) is 79.0 Å². The van der Waals surface area contributed by atoms with Crippen LogP contribution < -0.4 is 41.0 Å². The Hall–Kier alpha value is -10.8. The molecule has 0 fully saturated rings. The van der Waals surface area contributed by atoms with Gasteiger partial charge in [0.2, 0.25) is 0 Å². The number of alkyl carbamates (subject to hydrolysis) is 2. The molecule has 0 aliphatic rings. The number of hydrogen-bond donors (Lipinski definition) is 14. The van der Waals surface area contributed by atoms with Crippen LogP contribution in [0.1, 0.15) is 90.4 Å². The van der Waals surface area contributed by atoms with Crippen molar-refractivity contribution >= 4 is 42.3 Å². The van der Waals surface area contributed by atoms with Crippen LogP contribution in [0.5, 0.6) is 34.5 Å². The number of rotatable bonds is 23. The van der Waals surface area contributed by atoms with Crippen molar-refractivity contribution in [1.82, 2.24) is 10.6 Å². The van der Waals surface area contributed by atoms with E-state index in [9.17, 15) is 64.2 Å². The maximum atomic E-state index is 11.9. The highest BCUT2D eigenvalue weighted by molar-refractivity contribution is 5.82. The molecule has 27 nitrogen and oxygen atoms in total. The highest BCUT2D eigenvalue weighted by Gasteiger charge is 2.32. The summed E-state index contributed by atoms with van der Waals surface area (Å²) < 4.78 is 30.5. The number of aromatic hydroxyl groups is 2. The first-order valence-corrected chi connectivity index (χ1v) is 28.2. The van der Waals surface area contributed by atoms with Crippen LogP contribution in [0.25, 0.3) is 0 Å². The number of nitrogens with one attached hydrogen (secondary N) is 2. The number of phenolic OH excluding ortho intramolecular Hbond substituents is 2. The third-order valence-corrected chi connectivity index (χ3v) is 13.6. The normalized spacial score (nSPS) is 12.9. The van der Waals surface area contributed by atoms with Crippen LogP contribution in [0.2, 0.25) is 0 Å². The van der Waals surface area contributed by atoms with E-state index in [1.165, 1.54) is 39.5 Å². The molecule has 0 aromatic heterocycles. The van der Waals surface area contributed by atoms with E-state index in [2.05, 4.69) is 10.6 Å². The molecule has 0 saturated carbocycles. The number of aryl methyl sites for hydroxylation is 4. The third kappa shape index (κ3) is 24.4. The molecular formula is C67H78N4O23. The van der Waals surface area contributed by atoms with Gasteiger partial charge in [-0.25, -0.2) is 19.2 Å². The number of amides is 2. The average Bonchev–Trinajstić information content (AvgIpc) is 0.937. The Labute approximate surface area is 540 Å². The van der Waals surface area contributed by atoms with Gasteiger partial charge in [-0.2, -0.15) is 0 Å². The Morgan fingerprint density at radius 3 is 1.03 bits per heavy atom. The van der Waals surface area contributed by atoms with E-state index >= 15 is 0 Å². The van der Waals surface area contributed by atoms with Crippen molar-refractivity contribution in [2.45, 2.75) is 89.5 Å². The van der Waals surface area contributed by atoms with Crippen LogP contribution in [0.15, 0.2) is 152 Å². The molecule has 8 atom stereocenters. The zero-order valence-corrected chi connectivity index (χ0v) is 52.5. The molecule has 0 bridgehead atoms. The average molecular weight is 1310 g/mol. The van der Waals surface area contributed by atoms with Crippen molar-refractivity contribution in [3.8, 4) is 34.5 Å². The zero-order chi connectivity index (χ0) is 70.4. The maximum absolute atomic E-state index is 11.9. The molecule has 0 saturated heterocycles. The van der Waals surface area contributed by atoms with Crippen LogP contribution in [-0.2, 0) is 41.9 Å². The Bertz CT molecular complexity index is 3480. The van der Waals surface area contributed by atoms with Gasteiger partial charge in [-0.15, -0.1) is 0 Å². The topological polar surface area (TPSA) is 453 Å². The lowest BCUT2D eigenvalue weighted by atomic mass is 10.0. The quantitative estimate of drug-likeness (QED) is 0.0236. The molecule has 2 amide bonds. The predicted octanol–water partition coefficient (Wildman–Crippen LogP) is 6.64. The number of carbonyl (C=O) groups is 7. The Balaban J connectivity index is 0.000000317. The van der Waals surface area contributed by atoms with Gasteiger partial charge >= 0.3 is 36.1 Å². The van der Waals surface area contributed by atoms with Crippen molar-refractivity contribution in [2.24, 2.45) is 11.5 Å². The minimum Gasteiger partial charge on any atom is -0.504 e. The fraction of sp³-hybridized carbons (Fsp3) is 0.269. The van der Waals surface area contributed by atoms with E-state index < -0.39 is 90.4 Å². The first-order chi connectivity index (χ1) is 44.5. The minimum atomic E-state index is -1.56. The second-order valence-corrected chi connectivity index (χ2v) is 20.3. The van der Waals surface area contributed by atoms with Crippen LogP contribution in [-0.4, -0.2) is 146 Å². The summed E-state index contributed by atoms with van der Waals surface area (Å²) in [5.41, 5.74) is 17.5. The van der Waals surface area contributed by atoms with E-state index in [-0.39, 0.29) is 24.5 Å². The second-order valence-electron chi connectivity index (χ2n) is 20.3. The summed E-state index contributed by atoms with van der Waals surface area (Å²) >= 11 is 0. The summed E-state index contributed by atoms with van der Waals surface area (Å²) in [6.45, 7) is 7.42. The number of carboxylic acids is 4. The van der Waals surface area contributed by atoms with Gasteiger partial charge in [-0.1, -0.05) is 115 Å². The molecule has 94 heavy (non-hydrogen) atoms. The number of hydrogen-bond acceptors (Lipinski definition) is 21. The molecule has 7 rings (SSSR count). The van der Waals surface area contributed by atoms with Gasteiger partial charge < -0.3 is 102 Å². The lowest BCUT2D eigenvalue weighted by Crippen LogP contribution is -2.45. The number of aliphatic carboxylic acids is 4. The minimum absolute atomic E-state index is 0.00649. The van der Waals surface area contributed by atoms with Crippen molar-refractivity contribution in [2.75, 3.05) is 28.4 Å². The van der Waals surface area contributed by atoms with Crippen LogP contribution in [0, 0.1) is 27.7 Å². The van der Waals surface area contributed by atoms with E-state index in [0.717, 1.165) is 57.5 Å². The lowest BCUT2D eigenvalue weighted by Gasteiger charge is -2.21. The third-order valence-electron chi connectivity index (χ3n) is 13.6. The van der Waals surface area contributed by atoms with E-state index in [4.69, 9.17) is 60.3 Å². The van der Waals surface area contributed by atoms with E-state index in [1.54, 1.807) is 110 Å². The number of aliphatic hydroxyl groups excluding tert-OH is 4. The zero-order valence-electron chi connectivity index (χ0n) is 52.5. The standard InChI is InChI=1S/2C19H21NO6.C11H15NO4.C9H11NO5.C9H10O2/c2*1-12-8-9-14(10-15(12)25-2)17(21)16(18(22)23)20-19(24)26-11-13-6-4-3-5-7-13;1-6-3-4-7(5-8(6)16-2)10(13)9(12)11(14)15;10-7(9(14)15)8(13)4-1-2-5(11)6(12)3-4;1-7-3-4-8(6-10)5-9(7)11-2/h2*3-10,16-17,21H,11H2,1-2H3,(H,20,24)(H,22,23);3-5,9-10,13H,12H2,1-2H3,(H,14,15);1-3,7-8,11-13H,10H2,(H,14,15);3-6H,1-2H3/t16-,17+;;;7-,8+;/m0..0./s1. The predicted molar refractivity (Wildman–Crippen MR) is 340 cm³/mol. The van der Waals surface area contributed by atoms with Crippen molar-refractivity contribution in [1.29, 1.82) is 0 Å². The fourth-order valence-corrected chi connectivity index (χ4v) is 8.10. The summed E-state index contributed by atoms with van der Waals surface area (Å²) in [5, 5.41) is 98.4. The number of carbonyl (C=O) groups excluding carboxylic acids is 3. The molecule has 0 spiro atoms. The molecule has 27 heteroatoms. The van der Waals surface area contributed by atoms with E-state index in [0.29, 0.717) is 39.5 Å². The molecule has 0 aliphatic heterocycles. The number of aldehydes is 1. The molecule has 4 unspecified atom stereocenters. The van der Waals surface area contributed by atoms with Crippen LogP contribution >= 0.6 is 0 Å². The monoisotopic (exact) mass is 1310 g/mol. The molecule has 16 N–H and O–H groups in total. The Kier molecular flexibility index (Phi) is 31.9. The number of nitrogens with two attached hydrogens (primary N) is 2. The molecule has 7 aromatic carbocycles. The largest absolute Gasteiger partial charge is 0.504 e. The molecule has 7 aromatic rings. The maximum Gasteiger partial charge on any atom is 0.408 e. The lowest BCUT2D eigenvalue weighted by molar-refractivity contribution is -0.143. The Morgan fingerprint density at radius 1 is 0.415 bits per heavy atom. The first-order valence-electron chi connectivity index (χ1n) is 28.2. The summed E-state index contributed by atoms with van der Waals surface area (Å²) in [4.78, 5) is 78.2. The van der Waals surface area contributed by atoms with Crippen LogP contribution in [0.3, 0.4) is 0 Å². The van der Waals surface area contributed by atoms with Crippen molar-refractivity contribution < 1.29 is 113 Å². The van der Waals surface area contributed by atoms with Crippen molar-refractivity contribution in [3.05, 3.63) is 213 Å². The summed E-state index contributed by atoms with van der Waals surface area (Å²) in [6, 6.07) is 35.4. The number of methoxy groups -OCH3 is 4. The number of phenols is 2. The van der Waals surface area contributed by atoms with E-state index in [1.807, 2.05) is 45.9 Å². The molecule has 504 valence electrons. The Morgan fingerprint density at radius 2 is 0.723 bits per heavy atom. The number of aliphatic hydroxyl groups is 4. The molecule has 0 aliphatic carbocycles. The SMILES string of the molecule is COc1cc(C(O)C(N)C(=O)O)ccc1C.COc1cc(C(O)C(NC(=O)OCc2ccccc2)C(=O)O)ccc1C.COc1cc(C=O)ccc1C.COc1cc([C@@H](O)[C@H](NC(=O)OCc2ccccc2)C(=O)O)ccc1C.N[C@H](C(=O)O)[C@H](O)c1ccc(O)c(O)c1. The molecule has 0 heterocycles. The van der Waals surface area contributed by atoms with Gasteiger partial charge in [0.25, 0.3) is 0 Å². The van der Waals surface area contributed by atoms with Crippen molar-refractivity contribution in [3.63, 3.8) is 0 Å². The summed E-state index contributed by atoms with van der Waals surface area (Å²) in [5.74, 6) is -3.78. The number of benzene rings is 7. The number of carboxylic acid groups (broad SMARTS) is 4. The molecular weight excluding hydrogens is 1230 g/mol. The van der Waals surface area contributed by atoms with Gasteiger partial charge in [-0.3, -0.25) is 14.4 Å². The van der Waals surface area contributed by atoms with Crippen LogP contribution in [0.4, 0.5) is 9.59 Å². The number of ether oxygens (including phenoxy) is 6. The second kappa shape index (κ2) is 38.8. The summed E-state index contributed by atoms with van der Waals surface area (Å²) in [6.07, 6.45) is -6.67. The fourth-order valence-electron chi connectivity index (χ4n) is 8.10. The van der Waals surface area contributed by atoms with Gasteiger partial charge in [-0.05, 0) is 120 Å². The first kappa shape index (κ1) is 77.4. The van der Waals surface area contributed by atoms with Gasteiger partial charge in [0.05, 0.1) is 28.4 Å². The smallest absolute Gasteiger partial charge is 0.408 e. The van der Waals surface area contributed by atoms with Gasteiger partial charge in [0, 0.05) is 5.56 Å². The highest BCUT2D eigenvalue weighted by Crippen LogP contribution is 2.30. The van der Waals surface area contributed by atoms with Gasteiger partial charge in [0.15, 0.2) is 23.6 Å². The highest BCUT2D eigenvalue weighted by atomic mass is 16.6. The summed E-state index contributed by atoms with van der Waals surface area (Å²) in [7, 11) is 6.06. The molecule has 0 radical (unpaired) electrons.